The van der Waals surface area contributed by atoms with Crippen LogP contribution >= 0.6 is 11.8 Å². The molecule has 0 radical (unpaired) electrons. The Morgan fingerprint density at radius 3 is 2.50 bits per heavy atom. The number of aromatic nitrogens is 3. The zero-order valence-electron chi connectivity index (χ0n) is 17.5. The highest BCUT2D eigenvalue weighted by atomic mass is 32.2. The first-order chi connectivity index (χ1) is 14.6. The SMILES string of the molecule is CN(C)c1cccc(-c2nnc(SCC(=O)N3CCCCC3)n2-c2ccccc2)c1. The second-order valence-electron chi connectivity index (χ2n) is 7.65. The van der Waals surface area contributed by atoms with Crippen LogP contribution in [0.2, 0.25) is 0 Å². The van der Waals surface area contributed by atoms with Gasteiger partial charge in [0.05, 0.1) is 5.75 Å². The van der Waals surface area contributed by atoms with Crippen molar-refractivity contribution in [3.05, 3.63) is 54.6 Å². The van der Waals surface area contributed by atoms with Crippen molar-refractivity contribution in [3.63, 3.8) is 0 Å². The molecule has 1 fully saturated rings. The van der Waals surface area contributed by atoms with Crippen LogP contribution in [0.15, 0.2) is 59.8 Å². The normalized spacial score (nSPS) is 14.0. The summed E-state index contributed by atoms with van der Waals surface area (Å²) in [4.78, 5) is 16.7. The Kier molecular flexibility index (Phi) is 6.38. The van der Waals surface area contributed by atoms with Crippen LogP contribution in [0.3, 0.4) is 0 Å². The lowest BCUT2D eigenvalue weighted by molar-refractivity contribution is -0.129. The monoisotopic (exact) mass is 421 g/mol. The Morgan fingerprint density at radius 1 is 1.00 bits per heavy atom. The van der Waals surface area contributed by atoms with Crippen LogP contribution in [0.5, 0.6) is 0 Å². The van der Waals surface area contributed by atoms with Gasteiger partial charge >= 0.3 is 0 Å². The van der Waals surface area contributed by atoms with Gasteiger partial charge < -0.3 is 9.80 Å². The van der Waals surface area contributed by atoms with E-state index >= 15 is 0 Å². The largest absolute Gasteiger partial charge is 0.378 e. The number of benzene rings is 2. The van der Waals surface area contributed by atoms with E-state index in [-0.39, 0.29) is 5.91 Å². The number of para-hydroxylation sites is 1. The quantitative estimate of drug-likeness (QED) is 0.561. The number of hydrogen-bond acceptors (Lipinski definition) is 5. The van der Waals surface area contributed by atoms with Crippen molar-refractivity contribution in [1.29, 1.82) is 0 Å². The lowest BCUT2D eigenvalue weighted by Gasteiger charge is -2.26. The molecule has 0 bridgehead atoms. The molecule has 30 heavy (non-hydrogen) atoms. The van der Waals surface area contributed by atoms with E-state index in [2.05, 4.69) is 27.2 Å². The predicted molar refractivity (Wildman–Crippen MR) is 122 cm³/mol. The van der Waals surface area contributed by atoms with Gasteiger partial charge in [0.25, 0.3) is 0 Å². The highest BCUT2D eigenvalue weighted by Crippen LogP contribution is 2.30. The highest BCUT2D eigenvalue weighted by molar-refractivity contribution is 7.99. The van der Waals surface area contributed by atoms with Gasteiger partial charge in [-0.1, -0.05) is 42.1 Å². The molecule has 1 saturated heterocycles. The molecule has 1 aromatic heterocycles. The van der Waals surface area contributed by atoms with Gasteiger partial charge in [0, 0.05) is 44.1 Å². The topological polar surface area (TPSA) is 54.3 Å². The average Bonchev–Trinajstić information content (AvgIpc) is 3.22. The number of carbonyl (C=O) groups is 1. The number of thioether (sulfide) groups is 1. The first kappa shape index (κ1) is 20.5. The van der Waals surface area contributed by atoms with Gasteiger partial charge in [-0.25, -0.2) is 0 Å². The Balaban J connectivity index is 1.64. The van der Waals surface area contributed by atoms with E-state index in [1.807, 2.05) is 66.0 Å². The molecule has 3 aromatic rings. The molecule has 0 spiro atoms. The first-order valence-corrected chi connectivity index (χ1v) is 11.3. The van der Waals surface area contributed by atoms with E-state index in [9.17, 15) is 4.79 Å². The second-order valence-corrected chi connectivity index (χ2v) is 8.59. The Hall–Kier alpha value is -2.80. The number of rotatable bonds is 6. The van der Waals surface area contributed by atoms with Crippen LogP contribution in [0.1, 0.15) is 19.3 Å². The van der Waals surface area contributed by atoms with Gasteiger partial charge in [-0.3, -0.25) is 9.36 Å². The fourth-order valence-corrected chi connectivity index (χ4v) is 4.50. The van der Waals surface area contributed by atoms with Crippen LogP contribution in [-0.4, -0.2) is 58.5 Å². The van der Waals surface area contributed by atoms with E-state index in [1.165, 1.54) is 18.2 Å². The maximum absolute atomic E-state index is 12.7. The Labute approximate surface area is 181 Å². The molecule has 0 aliphatic carbocycles. The number of nitrogens with zero attached hydrogens (tertiary/aromatic N) is 5. The maximum Gasteiger partial charge on any atom is 0.233 e. The molecular formula is C23H27N5OS. The summed E-state index contributed by atoms with van der Waals surface area (Å²) >= 11 is 1.46. The van der Waals surface area contributed by atoms with Crippen molar-refractivity contribution in [1.82, 2.24) is 19.7 Å². The van der Waals surface area contributed by atoms with E-state index in [0.717, 1.165) is 53.9 Å². The second kappa shape index (κ2) is 9.34. The minimum Gasteiger partial charge on any atom is -0.378 e. The highest BCUT2D eigenvalue weighted by Gasteiger charge is 2.20. The van der Waals surface area contributed by atoms with Crippen molar-refractivity contribution in [2.24, 2.45) is 0 Å². The first-order valence-electron chi connectivity index (χ1n) is 10.3. The molecule has 2 heterocycles. The fourth-order valence-electron chi connectivity index (χ4n) is 3.64. The number of carbonyl (C=O) groups excluding carboxylic acids is 1. The van der Waals surface area contributed by atoms with Crippen molar-refractivity contribution < 1.29 is 4.79 Å². The zero-order chi connectivity index (χ0) is 20.9. The van der Waals surface area contributed by atoms with E-state index in [1.54, 1.807) is 0 Å². The van der Waals surface area contributed by atoms with Crippen molar-refractivity contribution in [3.8, 4) is 17.1 Å². The number of likely N-dealkylation sites (tertiary alicyclic amines) is 1. The molecule has 1 aliphatic heterocycles. The summed E-state index contributed by atoms with van der Waals surface area (Å²) in [6.07, 6.45) is 3.42. The molecular weight excluding hydrogens is 394 g/mol. The van der Waals surface area contributed by atoms with Crippen LogP contribution < -0.4 is 4.90 Å². The van der Waals surface area contributed by atoms with Crippen molar-refractivity contribution in [2.45, 2.75) is 24.4 Å². The van der Waals surface area contributed by atoms with Crippen LogP contribution in [0.4, 0.5) is 5.69 Å². The fraction of sp³-hybridized carbons (Fsp3) is 0.348. The van der Waals surface area contributed by atoms with Crippen LogP contribution in [-0.2, 0) is 4.79 Å². The smallest absolute Gasteiger partial charge is 0.233 e. The molecule has 0 saturated carbocycles. The molecule has 0 unspecified atom stereocenters. The summed E-state index contributed by atoms with van der Waals surface area (Å²) in [5.74, 6) is 1.33. The third kappa shape index (κ3) is 4.51. The maximum atomic E-state index is 12.7. The summed E-state index contributed by atoms with van der Waals surface area (Å²) in [5, 5.41) is 9.69. The van der Waals surface area contributed by atoms with Gasteiger partial charge in [0.15, 0.2) is 11.0 Å². The van der Waals surface area contributed by atoms with Gasteiger partial charge in [0.1, 0.15) is 0 Å². The summed E-state index contributed by atoms with van der Waals surface area (Å²) in [6.45, 7) is 1.74. The van der Waals surface area contributed by atoms with Gasteiger partial charge in [-0.15, -0.1) is 10.2 Å². The molecule has 2 aromatic carbocycles. The number of hydrogen-bond donors (Lipinski definition) is 0. The lowest BCUT2D eigenvalue weighted by Crippen LogP contribution is -2.36. The van der Waals surface area contributed by atoms with Crippen LogP contribution in [0.25, 0.3) is 17.1 Å². The minimum atomic E-state index is 0.179. The average molecular weight is 422 g/mol. The number of anilines is 1. The minimum absolute atomic E-state index is 0.179. The molecule has 0 N–H and O–H groups in total. The molecule has 0 atom stereocenters. The Morgan fingerprint density at radius 2 is 1.77 bits per heavy atom. The lowest BCUT2D eigenvalue weighted by atomic mass is 10.1. The summed E-state index contributed by atoms with van der Waals surface area (Å²) in [7, 11) is 4.04. The van der Waals surface area contributed by atoms with Gasteiger partial charge in [-0.05, 0) is 43.5 Å². The van der Waals surface area contributed by atoms with Gasteiger partial charge in [0.2, 0.25) is 5.91 Å². The van der Waals surface area contributed by atoms with Crippen LogP contribution in [0, 0.1) is 0 Å². The summed E-state index contributed by atoms with van der Waals surface area (Å²) in [6, 6.07) is 18.3. The zero-order valence-corrected chi connectivity index (χ0v) is 18.3. The third-order valence-corrected chi connectivity index (χ3v) is 6.22. The summed E-state index contributed by atoms with van der Waals surface area (Å²) in [5.41, 5.74) is 3.08. The van der Waals surface area contributed by atoms with E-state index in [0.29, 0.717) is 5.75 Å². The molecule has 7 heteroatoms. The number of amides is 1. The Bertz CT molecular complexity index is 996. The molecule has 4 rings (SSSR count). The summed E-state index contributed by atoms with van der Waals surface area (Å²) < 4.78 is 2.04. The number of piperidine rings is 1. The standard InChI is InChI=1S/C23H27N5OS/c1-26(2)20-13-9-10-18(16-20)22-24-25-23(28(22)19-11-5-3-6-12-19)30-17-21(29)27-14-7-4-8-15-27/h3,5-6,9-13,16H,4,7-8,14-15,17H2,1-2H3. The van der Waals surface area contributed by atoms with E-state index < -0.39 is 0 Å². The molecule has 1 amide bonds. The molecule has 156 valence electrons. The third-order valence-electron chi connectivity index (χ3n) is 5.30. The van der Waals surface area contributed by atoms with E-state index in [4.69, 9.17) is 0 Å². The van der Waals surface area contributed by atoms with Gasteiger partial charge in [-0.2, -0.15) is 0 Å². The molecule has 1 aliphatic rings. The molecule has 6 nitrogen and oxygen atoms in total. The van der Waals surface area contributed by atoms with Crippen molar-refractivity contribution in [2.75, 3.05) is 37.8 Å². The predicted octanol–water partition coefficient (Wildman–Crippen LogP) is 4.10. The van der Waals surface area contributed by atoms with Crippen molar-refractivity contribution >= 4 is 23.4 Å².